The highest BCUT2D eigenvalue weighted by Gasteiger charge is 2.31. The van der Waals surface area contributed by atoms with E-state index in [-0.39, 0.29) is 6.10 Å². The smallest absolute Gasteiger partial charge is 0.369 e. The summed E-state index contributed by atoms with van der Waals surface area (Å²) >= 11 is 0. The van der Waals surface area contributed by atoms with E-state index in [9.17, 15) is 13.2 Å². The molecule has 20 heavy (non-hydrogen) atoms. The fraction of sp³-hybridized carbons (Fsp3) is 1.00. The normalized spacial score (nSPS) is 32.2. The average Bonchev–Trinajstić information content (AvgIpc) is 2.44. The molecule has 3 atom stereocenters. The molecule has 0 aromatic heterocycles. The van der Waals surface area contributed by atoms with Crippen LogP contribution in [0.3, 0.4) is 0 Å². The molecule has 3 unspecified atom stereocenters. The molecule has 1 aliphatic carbocycles. The van der Waals surface area contributed by atoms with Gasteiger partial charge in [-0.1, -0.05) is 0 Å². The van der Waals surface area contributed by atoms with Crippen LogP contribution >= 0.6 is 0 Å². The number of piperidine rings is 1. The number of nitrogens with one attached hydrogen (secondary N) is 2. The number of halogens is 3. The lowest BCUT2D eigenvalue weighted by molar-refractivity contribution is -0.188. The first kappa shape index (κ1) is 16.0. The maximum absolute atomic E-state index is 12.2. The summed E-state index contributed by atoms with van der Waals surface area (Å²) in [6.07, 6.45) is 1.45. The molecule has 0 aromatic rings. The van der Waals surface area contributed by atoms with Crippen LogP contribution in [0.4, 0.5) is 13.2 Å². The number of rotatable bonds is 5. The summed E-state index contributed by atoms with van der Waals surface area (Å²) in [6.45, 7) is 2.00. The van der Waals surface area contributed by atoms with Gasteiger partial charge in [-0.2, -0.15) is 13.2 Å². The Morgan fingerprint density at radius 3 is 2.70 bits per heavy atom. The van der Waals surface area contributed by atoms with Crippen molar-refractivity contribution < 1.29 is 17.9 Å². The minimum atomic E-state index is -4.21. The molecule has 2 N–H and O–H groups in total. The SMILES string of the molecule is FC(F)(F)COC1CCCC(NCC2CCCNC2)C1. The van der Waals surface area contributed by atoms with Gasteiger partial charge in [0, 0.05) is 6.04 Å². The van der Waals surface area contributed by atoms with Crippen LogP contribution in [0.5, 0.6) is 0 Å². The molecule has 0 radical (unpaired) electrons. The van der Waals surface area contributed by atoms with E-state index in [0.29, 0.717) is 18.4 Å². The van der Waals surface area contributed by atoms with Crippen molar-refractivity contribution in [1.29, 1.82) is 0 Å². The van der Waals surface area contributed by atoms with Crippen LogP contribution in [0.2, 0.25) is 0 Å². The predicted octanol–water partition coefficient (Wildman–Crippen LogP) is 2.47. The molecule has 1 saturated carbocycles. The van der Waals surface area contributed by atoms with Gasteiger partial charge in [0.05, 0.1) is 6.10 Å². The van der Waals surface area contributed by atoms with Gasteiger partial charge in [0.15, 0.2) is 0 Å². The number of ether oxygens (including phenoxy) is 1. The highest BCUT2D eigenvalue weighted by atomic mass is 19.4. The van der Waals surface area contributed by atoms with E-state index in [1.165, 1.54) is 12.8 Å². The highest BCUT2D eigenvalue weighted by Crippen LogP contribution is 2.24. The van der Waals surface area contributed by atoms with E-state index in [1.54, 1.807) is 0 Å². The van der Waals surface area contributed by atoms with Gasteiger partial charge in [-0.3, -0.25) is 0 Å². The van der Waals surface area contributed by atoms with Gasteiger partial charge >= 0.3 is 6.18 Å². The van der Waals surface area contributed by atoms with E-state index in [2.05, 4.69) is 10.6 Å². The number of hydrogen-bond donors (Lipinski definition) is 2. The minimum absolute atomic E-state index is 0.243. The van der Waals surface area contributed by atoms with Crippen molar-refractivity contribution in [2.75, 3.05) is 26.2 Å². The van der Waals surface area contributed by atoms with Crippen molar-refractivity contribution in [3.63, 3.8) is 0 Å². The van der Waals surface area contributed by atoms with Crippen molar-refractivity contribution in [1.82, 2.24) is 10.6 Å². The molecular formula is C14H25F3N2O. The van der Waals surface area contributed by atoms with Crippen LogP contribution in [-0.4, -0.2) is 44.6 Å². The van der Waals surface area contributed by atoms with Crippen LogP contribution in [0.1, 0.15) is 38.5 Å². The fourth-order valence-corrected chi connectivity index (χ4v) is 3.13. The second-order valence-electron chi connectivity index (χ2n) is 6.03. The second-order valence-corrected chi connectivity index (χ2v) is 6.03. The Bertz CT molecular complexity index is 280. The van der Waals surface area contributed by atoms with Crippen molar-refractivity contribution in [3.05, 3.63) is 0 Å². The molecular weight excluding hydrogens is 269 g/mol. The number of alkyl halides is 3. The predicted molar refractivity (Wildman–Crippen MR) is 71.6 cm³/mol. The van der Waals surface area contributed by atoms with Crippen molar-refractivity contribution >= 4 is 0 Å². The zero-order valence-electron chi connectivity index (χ0n) is 11.8. The minimum Gasteiger partial charge on any atom is -0.369 e. The van der Waals surface area contributed by atoms with E-state index in [4.69, 9.17) is 4.74 Å². The molecule has 1 saturated heterocycles. The van der Waals surface area contributed by atoms with Crippen LogP contribution < -0.4 is 10.6 Å². The summed E-state index contributed by atoms with van der Waals surface area (Å²) < 4.78 is 41.4. The van der Waals surface area contributed by atoms with Gasteiger partial charge in [0.1, 0.15) is 6.61 Å². The third-order valence-electron chi connectivity index (χ3n) is 4.20. The lowest BCUT2D eigenvalue weighted by Crippen LogP contribution is -2.43. The Morgan fingerprint density at radius 2 is 2.00 bits per heavy atom. The third kappa shape index (κ3) is 5.97. The molecule has 2 fully saturated rings. The quantitative estimate of drug-likeness (QED) is 0.817. The maximum atomic E-state index is 12.2. The number of hydrogen-bond acceptors (Lipinski definition) is 3. The molecule has 3 nitrogen and oxygen atoms in total. The van der Waals surface area contributed by atoms with Gasteiger partial charge in [-0.25, -0.2) is 0 Å². The Kier molecular flexibility index (Phi) is 6.11. The van der Waals surface area contributed by atoms with E-state index in [1.807, 2.05) is 0 Å². The van der Waals surface area contributed by atoms with Gasteiger partial charge in [-0.05, 0) is 64.1 Å². The van der Waals surface area contributed by atoms with E-state index >= 15 is 0 Å². The van der Waals surface area contributed by atoms with Crippen LogP contribution in [-0.2, 0) is 4.74 Å². The third-order valence-corrected chi connectivity index (χ3v) is 4.20. The average molecular weight is 294 g/mol. The van der Waals surface area contributed by atoms with Crippen LogP contribution in [0.15, 0.2) is 0 Å². The monoisotopic (exact) mass is 294 g/mol. The van der Waals surface area contributed by atoms with Crippen molar-refractivity contribution in [2.45, 2.75) is 56.8 Å². The summed E-state index contributed by atoms with van der Waals surface area (Å²) in [5, 5.41) is 6.90. The molecule has 0 bridgehead atoms. The molecule has 118 valence electrons. The molecule has 2 aliphatic rings. The van der Waals surface area contributed by atoms with Gasteiger partial charge < -0.3 is 15.4 Å². The summed E-state index contributed by atoms with van der Waals surface area (Å²) in [4.78, 5) is 0. The largest absolute Gasteiger partial charge is 0.411 e. The van der Waals surface area contributed by atoms with Crippen molar-refractivity contribution in [3.8, 4) is 0 Å². The zero-order valence-corrected chi connectivity index (χ0v) is 11.8. The molecule has 0 spiro atoms. The van der Waals surface area contributed by atoms with E-state index < -0.39 is 12.8 Å². The molecule has 1 heterocycles. The van der Waals surface area contributed by atoms with Gasteiger partial charge in [-0.15, -0.1) is 0 Å². The maximum Gasteiger partial charge on any atom is 0.411 e. The Balaban J connectivity index is 1.64. The van der Waals surface area contributed by atoms with Crippen LogP contribution in [0.25, 0.3) is 0 Å². The summed E-state index contributed by atoms with van der Waals surface area (Å²) in [5.74, 6) is 0.653. The second kappa shape index (κ2) is 7.61. The summed E-state index contributed by atoms with van der Waals surface area (Å²) in [6, 6.07) is 0.309. The topological polar surface area (TPSA) is 33.3 Å². The Morgan fingerprint density at radius 1 is 1.15 bits per heavy atom. The first-order valence-corrected chi connectivity index (χ1v) is 7.65. The standard InChI is InChI=1S/C14H25F3N2O/c15-14(16,17)10-20-13-5-1-4-12(7-13)19-9-11-3-2-6-18-8-11/h11-13,18-19H,1-10H2. The Hall–Kier alpha value is -0.330. The summed E-state index contributed by atoms with van der Waals surface area (Å²) in [7, 11) is 0. The summed E-state index contributed by atoms with van der Waals surface area (Å²) in [5.41, 5.74) is 0. The zero-order chi connectivity index (χ0) is 14.4. The lowest BCUT2D eigenvalue weighted by Gasteiger charge is -2.32. The van der Waals surface area contributed by atoms with Gasteiger partial charge in [0.2, 0.25) is 0 Å². The Labute approximate surface area is 118 Å². The van der Waals surface area contributed by atoms with E-state index in [0.717, 1.165) is 38.9 Å². The molecule has 2 rings (SSSR count). The van der Waals surface area contributed by atoms with Crippen LogP contribution in [0, 0.1) is 5.92 Å². The molecule has 1 aliphatic heterocycles. The first-order valence-electron chi connectivity index (χ1n) is 7.65. The van der Waals surface area contributed by atoms with Gasteiger partial charge in [0.25, 0.3) is 0 Å². The molecule has 0 aromatic carbocycles. The van der Waals surface area contributed by atoms with Crippen molar-refractivity contribution in [2.24, 2.45) is 5.92 Å². The first-order chi connectivity index (χ1) is 9.53. The lowest BCUT2D eigenvalue weighted by atomic mass is 9.91. The highest BCUT2D eigenvalue weighted by molar-refractivity contribution is 4.81. The fourth-order valence-electron chi connectivity index (χ4n) is 3.13. The molecule has 0 amide bonds. The molecule has 6 heteroatoms.